The number of sulfonamides is 1. The Morgan fingerprint density at radius 2 is 1.75 bits per heavy atom. The summed E-state index contributed by atoms with van der Waals surface area (Å²) in [6, 6.07) is 3.91. The number of hydrogen-bond donors (Lipinski definition) is 0. The SMILES string of the molecule is CCOC(=O)N1CCN(C(=O)c2cc(S(=O)(=O)N(C)C(C)C)ccc2Cl)CC1. The van der Waals surface area contributed by atoms with Crippen molar-refractivity contribution in [3.8, 4) is 0 Å². The zero-order valence-electron chi connectivity index (χ0n) is 16.5. The number of piperazine rings is 1. The van der Waals surface area contributed by atoms with E-state index in [9.17, 15) is 18.0 Å². The molecule has 28 heavy (non-hydrogen) atoms. The Morgan fingerprint density at radius 3 is 2.29 bits per heavy atom. The molecule has 2 rings (SSSR count). The standard InChI is InChI=1S/C18H26ClN3O5S/c1-5-27-18(24)22-10-8-21(9-11-22)17(23)15-12-14(6-7-16(15)19)28(25,26)20(4)13(2)3/h6-7,12-13H,5,8-11H2,1-4H3. The number of rotatable bonds is 5. The smallest absolute Gasteiger partial charge is 0.409 e. The van der Waals surface area contributed by atoms with Crippen molar-refractivity contribution < 1.29 is 22.7 Å². The predicted octanol–water partition coefficient (Wildman–Crippen LogP) is 2.28. The van der Waals surface area contributed by atoms with Gasteiger partial charge in [-0.25, -0.2) is 13.2 Å². The molecule has 1 fully saturated rings. The van der Waals surface area contributed by atoms with E-state index in [2.05, 4.69) is 0 Å². The molecule has 0 bridgehead atoms. The highest BCUT2D eigenvalue weighted by molar-refractivity contribution is 7.89. The molecule has 1 aromatic carbocycles. The first-order valence-electron chi connectivity index (χ1n) is 9.08. The van der Waals surface area contributed by atoms with Gasteiger partial charge in [-0.05, 0) is 39.0 Å². The highest BCUT2D eigenvalue weighted by Crippen LogP contribution is 2.25. The molecule has 1 aromatic rings. The number of nitrogens with zero attached hydrogens (tertiary/aromatic N) is 3. The van der Waals surface area contributed by atoms with Crippen molar-refractivity contribution in [2.45, 2.75) is 31.7 Å². The van der Waals surface area contributed by atoms with Gasteiger partial charge in [0.25, 0.3) is 5.91 Å². The van der Waals surface area contributed by atoms with Crippen LogP contribution in [0.1, 0.15) is 31.1 Å². The first-order chi connectivity index (χ1) is 13.1. The van der Waals surface area contributed by atoms with Gasteiger partial charge in [0.2, 0.25) is 10.0 Å². The lowest BCUT2D eigenvalue weighted by molar-refractivity contribution is 0.0570. The van der Waals surface area contributed by atoms with E-state index in [4.69, 9.17) is 16.3 Å². The lowest BCUT2D eigenvalue weighted by Gasteiger charge is -2.34. The van der Waals surface area contributed by atoms with E-state index in [0.717, 1.165) is 0 Å². The summed E-state index contributed by atoms with van der Waals surface area (Å²) in [5.74, 6) is -0.363. The third-order valence-corrected chi connectivity index (χ3v) is 7.02. The van der Waals surface area contributed by atoms with Crippen molar-refractivity contribution in [3.63, 3.8) is 0 Å². The second kappa shape index (κ2) is 9.11. The molecule has 0 aromatic heterocycles. The number of ether oxygens (including phenoxy) is 1. The molecule has 1 aliphatic heterocycles. The average molecular weight is 432 g/mol. The van der Waals surface area contributed by atoms with Gasteiger partial charge in [-0.15, -0.1) is 0 Å². The van der Waals surface area contributed by atoms with Crippen molar-refractivity contribution in [1.29, 1.82) is 0 Å². The van der Waals surface area contributed by atoms with Gasteiger partial charge in [-0.2, -0.15) is 4.31 Å². The second-order valence-corrected chi connectivity index (χ2v) is 9.14. The second-order valence-electron chi connectivity index (χ2n) is 6.73. The summed E-state index contributed by atoms with van der Waals surface area (Å²) < 4.78 is 31.6. The minimum atomic E-state index is -3.73. The molecule has 0 aliphatic carbocycles. The fourth-order valence-electron chi connectivity index (χ4n) is 2.75. The molecular weight excluding hydrogens is 406 g/mol. The lowest BCUT2D eigenvalue weighted by Crippen LogP contribution is -2.50. The predicted molar refractivity (Wildman–Crippen MR) is 106 cm³/mol. The Balaban J connectivity index is 2.20. The molecular formula is C18H26ClN3O5S. The monoisotopic (exact) mass is 431 g/mol. The van der Waals surface area contributed by atoms with Gasteiger partial charge < -0.3 is 14.5 Å². The molecule has 0 saturated carbocycles. The summed E-state index contributed by atoms with van der Waals surface area (Å²) in [6.45, 7) is 6.88. The van der Waals surface area contributed by atoms with E-state index >= 15 is 0 Å². The number of halogens is 1. The van der Waals surface area contributed by atoms with Crippen molar-refractivity contribution in [2.75, 3.05) is 39.8 Å². The van der Waals surface area contributed by atoms with Gasteiger partial charge in [0, 0.05) is 39.3 Å². The number of carbonyl (C=O) groups excluding carboxylic acids is 2. The lowest BCUT2D eigenvalue weighted by atomic mass is 10.2. The molecule has 0 spiro atoms. The van der Waals surface area contributed by atoms with Crippen LogP contribution in [0.25, 0.3) is 0 Å². The summed E-state index contributed by atoms with van der Waals surface area (Å²) in [5, 5.41) is 0.184. The van der Waals surface area contributed by atoms with Crippen LogP contribution < -0.4 is 0 Å². The fourth-order valence-corrected chi connectivity index (χ4v) is 4.34. The summed E-state index contributed by atoms with van der Waals surface area (Å²) in [7, 11) is -2.24. The zero-order chi connectivity index (χ0) is 21.1. The van der Waals surface area contributed by atoms with Crippen LogP contribution in [-0.4, -0.2) is 80.4 Å². The molecule has 0 unspecified atom stereocenters. The van der Waals surface area contributed by atoms with Gasteiger partial charge in [0.05, 0.1) is 22.1 Å². The Morgan fingerprint density at radius 1 is 1.18 bits per heavy atom. The summed E-state index contributed by atoms with van der Waals surface area (Å²) in [4.78, 5) is 27.8. The van der Waals surface area contributed by atoms with E-state index in [1.165, 1.54) is 34.5 Å². The molecule has 0 radical (unpaired) electrons. The highest BCUT2D eigenvalue weighted by atomic mass is 35.5. The minimum Gasteiger partial charge on any atom is -0.450 e. The van der Waals surface area contributed by atoms with Crippen molar-refractivity contribution >= 4 is 33.6 Å². The van der Waals surface area contributed by atoms with E-state index in [-0.39, 0.29) is 27.4 Å². The van der Waals surface area contributed by atoms with Gasteiger partial charge in [0.1, 0.15) is 0 Å². The molecule has 2 amide bonds. The fraction of sp³-hybridized carbons (Fsp3) is 0.556. The topological polar surface area (TPSA) is 87.2 Å². The van der Waals surface area contributed by atoms with Gasteiger partial charge in [-0.1, -0.05) is 11.6 Å². The van der Waals surface area contributed by atoms with E-state index < -0.39 is 16.1 Å². The highest BCUT2D eigenvalue weighted by Gasteiger charge is 2.29. The summed E-state index contributed by atoms with van der Waals surface area (Å²) in [5.41, 5.74) is 0.129. The van der Waals surface area contributed by atoms with Gasteiger partial charge in [0.15, 0.2) is 0 Å². The third kappa shape index (κ3) is 4.76. The van der Waals surface area contributed by atoms with Crippen LogP contribution in [0.2, 0.25) is 5.02 Å². The Hall–Kier alpha value is -1.84. The van der Waals surface area contributed by atoms with E-state index in [1.54, 1.807) is 25.7 Å². The Labute approximate surface area is 171 Å². The number of amides is 2. The van der Waals surface area contributed by atoms with Gasteiger partial charge >= 0.3 is 6.09 Å². The normalized spacial score (nSPS) is 15.2. The zero-order valence-corrected chi connectivity index (χ0v) is 18.1. The largest absolute Gasteiger partial charge is 0.450 e. The van der Waals surface area contributed by atoms with Crippen LogP contribution in [0.4, 0.5) is 4.79 Å². The molecule has 10 heteroatoms. The summed E-state index contributed by atoms with van der Waals surface area (Å²) >= 11 is 6.18. The van der Waals surface area contributed by atoms with Crippen LogP contribution >= 0.6 is 11.6 Å². The molecule has 8 nitrogen and oxygen atoms in total. The van der Waals surface area contributed by atoms with E-state index in [1.807, 2.05) is 0 Å². The number of carbonyl (C=O) groups is 2. The van der Waals surface area contributed by atoms with Crippen LogP contribution in [0, 0.1) is 0 Å². The van der Waals surface area contributed by atoms with E-state index in [0.29, 0.717) is 32.8 Å². The van der Waals surface area contributed by atoms with Crippen LogP contribution in [0.15, 0.2) is 23.1 Å². The van der Waals surface area contributed by atoms with Crippen molar-refractivity contribution in [3.05, 3.63) is 28.8 Å². The molecule has 1 saturated heterocycles. The Kier molecular flexibility index (Phi) is 7.30. The Bertz CT molecular complexity index is 836. The van der Waals surface area contributed by atoms with Crippen LogP contribution in [0.5, 0.6) is 0 Å². The first kappa shape index (κ1) is 22.4. The summed E-state index contributed by atoms with van der Waals surface area (Å²) in [6.07, 6.45) is -0.405. The van der Waals surface area contributed by atoms with Crippen molar-refractivity contribution in [1.82, 2.24) is 14.1 Å². The van der Waals surface area contributed by atoms with Crippen molar-refractivity contribution in [2.24, 2.45) is 0 Å². The maximum Gasteiger partial charge on any atom is 0.409 e. The third-order valence-electron chi connectivity index (χ3n) is 4.67. The van der Waals surface area contributed by atoms with Crippen LogP contribution in [-0.2, 0) is 14.8 Å². The molecule has 0 atom stereocenters. The number of hydrogen-bond acceptors (Lipinski definition) is 5. The average Bonchev–Trinajstić information content (AvgIpc) is 2.67. The molecule has 1 heterocycles. The number of benzene rings is 1. The maximum atomic E-state index is 12.9. The van der Waals surface area contributed by atoms with Crippen LogP contribution in [0.3, 0.4) is 0 Å². The minimum absolute atomic E-state index is 0.0154. The first-order valence-corrected chi connectivity index (χ1v) is 10.9. The molecule has 0 N–H and O–H groups in total. The molecule has 156 valence electrons. The molecule has 1 aliphatic rings. The van der Waals surface area contributed by atoms with Gasteiger partial charge in [-0.3, -0.25) is 4.79 Å². The quantitative estimate of drug-likeness (QED) is 0.713. The maximum absolute atomic E-state index is 12.9.